The van der Waals surface area contributed by atoms with E-state index in [1.807, 2.05) is 0 Å². The molecule has 0 heteroatoms. The number of hydrogen-bond donors (Lipinski definition) is 0. The number of benzene rings is 4. The van der Waals surface area contributed by atoms with E-state index in [4.69, 9.17) is 0 Å². The van der Waals surface area contributed by atoms with Gasteiger partial charge in [0.1, 0.15) is 0 Å². The van der Waals surface area contributed by atoms with Gasteiger partial charge in [-0.2, -0.15) is 0 Å². The minimum Gasteiger partial charge on any atom is -0.0616 e. The molecule has 0 spiro atoms. The summed E-state index contributed by atoms with van der Waals surface area (Å²) in [4.78, 5) is 0. The number of fused-ring (bicyclic) bond motifs is 3. The standard InChI is InChI=1S/C22H14/c1-2-8-17-13-21-20(12-16(17)7-1)22(21)14-18-10-5-9-15-6-3-4-11-19(15)18/h1-14H. The third-order valence-corrected chi connectivity index (χ3v) is 4.53. The molecule has 4 aromatic carbocycles. The molecule has 1 aliphatic rings. The molecule has 4 aromatic rings. The minimum absolute atomic E-state index is 1.30. The van der Waals surface area contributed by atoms with E-state index in [1.54, 1.807) is 0 Å². The maximum atomic E-state index is 2.33. The first-order valence-corrected chi connectivity index (χ1v) is 7.63. The van der Waals surface area contributed by atoms with E-state index in [1.165, 1.54) is 43.8 Å². The summed E-state index contributed by atoms with van der Waals surface area (Å²) in [6.45, 7) is 0. The molecule has 0 radical (unpaired) electrons. The van der Waals surface area contributed by atoms with Crippen molar-refractivity contribution in [3.05, 3.63) is 95.6 Å². The van der Waals surface area contributed by atoms with E-state index in [0.29, 0.717) is 0 Å². The molecule has 0 unspecified atom stereocenters. The first-order valence-electron chi connectivity index (χ1n) is 7.63. The highest BCUT2D eigenvalue weighted by atomic mass is 14.3. The van der Waals surface area contributed by atoms with Gasteiger partial charge in [-0.05, 0) is 62.0 Å². The lowest BCUT2D eigenvalue weighted by molar-refractivity contribution is 1.72. The Morgan fingerprint density at radius 2 is 1.14 bits per heavy atom. The lowest BCUT2D eigenvalue weighted by atomic mass is 10.0. The van der Waals surface area contributed by atoms with Gasteiger partial charge in [0.15, 0.2) is 0 Å². The molecule has 1 aliphatic carbocycles. The second-order valence-corrected chi connectivity index (χ2v) is 5.87. The second kappa shape index (κ2) is 4.32. The van der Waals surface area contributed by atoms with E-state index in [9.17, 15) is 0 Å². The van der Waals surface area contributed by atoms with Crippen molar-refractivity contribution in [1.29, 1.82) is 0 Å². The van der Waals surface area contributed by atoms with E-state index in [2.05, 4.69) is 84.9 Å². The molecule has 5 rings (SSSR count). The van der Waals surface area contributed by atoms with Crippen LogP contribution in [0.1, 0.15) is 16.7 Å². The van der Waals surface area contributed by atoms with Gasteiger partial charge in [0.25, 0.3) is 0 Å². The summed E-state index contributed by atoms with van der Waals surface area (Å²) in [6.07, 6.45) is 2.33. The van der Waals surface area contributed by atoms with Crippen LogP contribution in [-0.4, -0.2) is 0 Å². The quantitative estimate of drug-likeness (QED) is 0.358. The minimum atomic E-state index is 1.30. The Kier molecular flexibility index (Phi) is 2.31. The fraction of sp³-hybridized carbons (Fsp3) is 0. The van der Waals surface area contributed by atoms with Crippen LogP contribution in [0.3, 0.4) is 0 Å². The SMILES string of the molecule is C(=C1c2cc3ccccc3cc21)c1cccc2ccccc12. The highest BCUT2D eigenvalue weighted by Gasteiger charge is 2.25. The maximum Gasteiger partial charge on any atom is -0.00923 e. The molecule has 0 saturated heterocycles. The van der Waals surface area contributed by atoms with Crippen molar-refractivity contribution >= 4 is 33.2 Å². The zero-order valence-corrected chi connectivity index (χ0v) is 12.1. The fourth-order valence-corrected chi connectivity index (χ4v) is 3.32. The average molecular weight is 278 g/mol. The van der Waals surface area contributed by atoms with Gasteiger partial charge in [0, 0.05) is 0 Å². The van der Waals surface area contributed by atoms with Crippen LogP contribution < -0.4 is 0 Å². The van der Waals surface area contributed by atoms with Crippen LogP contribution >= 0.6 is 0 Å². The summed E-state index contributed by atoms with van der Waals surface area (Å²) < 4.78 is 0. The molecule has 0 bridgehead atoms. The van der Waals surface area contributed by atoms with Crippen LogP contribution in [0.25, 0.3) is 33.2 Å². The van der Waals surface area contributed by atoms with E-state index < -0.39 is 0 Å². The molecule has 0 N–H and O–H groups in total. The highest BCUT2D eigenvalue weighted by molar-refractivity contribution is 6.13. The lowest BCUT2D eigenvalue weighted by Gasteiger charge is -2.00. The topological polar surface area (TPSA) is 0 Å². The van der Waals surface area contributed by atoms with Crippen LogP contribution in [0.2, 0.25) is 0 Å². The molecule has 0 fully saturated rings. The van der Waals surface area contributed by atoms with Crippen LogP contribution in [0.15, 0.2) is 78.9 Å². The first kappa shape index (κ1) is 11.8. The average Bonchev–Trinajstić information content (AvgIpc) is 3.24. The van der Waals surface area contributed by atoms with Gasteiger partial charge in [-0.3, -0.25) is 0 Å². The molecular weight excluding hydrogens is 264 g/mol. The Morgan fingerprint density at radius 3 is 1.86 bits per heavy atom. The molecule has 0 amide bonds. The maximum absolute atomic E-state index is 2.33. The van der Waals surface area contributed by atoms with E-state index in [-0.39, 0.29) is 0 Å². The van der Waals surface area contributed by atoms with Gasteiger partial charge >= 0.3 is 0 Å². The Balaban J connectivity index is 1.68. The monoisotopic (exact) mass is 278 g/mol. The lowest BCUT2D eigenvalue weighted by Crippen LogP contribution is -1.76. The number of hydrogen-bond acceptors (Lipinski definition) is 0. The van der Waals surface area contributed by atoms with Crippen LogP contribution in [-0.2, 0) is 0 Å². The smallest absolute Gasteiger partial charge is 0.00923 e. The second-order valence-electron chi connectivity index (χ2n) is 5.87. The van der Waals surface area contributed by atoms with E-state index in [0.717, 1.165) is 0 Å². The van der Waals surface area contributed by atoms with Gasteiger partial charge in [0.05, 0.1) is 0 Å². The van der Waals surface area contributed by atoms with Gasteiger partial charge < -0.3 is 0 Å². The molecule has 0 heterocycles. The van der Waals surface area contributed by atoms with Crippen molar-refractivity contribution < 1.29 is 0 Å². The zero-order valence-electron chi connectivity index (χ0n) is 12.1. The molecule has 22 heavy (non-hydrogen) atoms. The van der Waals surface area contributed by atoms with Crippen molar-refractivity contribution in [3.8, 4) is 0 Å². The van der Waals surface area contributed by atoms with Crippen molar-refractivity contribution in [2.24, 2.45) is 0 Å². The van der Waals surface area contributed by atoms with Crippen molar-refractivity contribution in [1.82, 2.24) is 0 Å². The summed E-state index contributed by atoms with van der Waals surface area (Å²) >= 11 is 0. The van der Waals surface area contributed by atoms with Crippen LogP contribution in [0, 0.1) is 0 Å². The summed E-state index contributed by atoms with van der Waals surface area (Å²) in [5.41, 5.74) is 5.47. The van der Waals surface area contributed by atoms with Gasteiger partial charge in [0.2, 0.25) is 0 Å². The number of rotatable bonds is 1. The molecule has 0 atom stereocenters. The fourth-order valence-electron chi connectivity index (χ4n) is 3.32. The Morgan fingerprint density at radius 1 is 0.545 bits per heavy atom. The van der Waals surface area contributed by atoms with Gasteiger partial charge in [-0.15, -0.1) is 0 Å². The Labute approximate surface area is 129 Å². The van der Waals surface area contributed by atoms with Gasteiger partial charge in [-0.1, -0.05) is 66.7 Å². The largest absolute Gasteiger partial charge is 0.0616 e. The third kappa shape index (κ3) is 1.71. The molecule has 0 saturated carbocycles. The predicted molar refractivity (Wildman–Crippen MR) is 94.9 cm³/mol. The van der Waals surface area contributed by atoms with Crippen molar-refractivity contribution in [2.45, 2.75) is 0 Å². The van der Waals surface area contributed by atoms with Crippen molar-refractivity contribution in [2.75, 3.05) is 0 Å². The zero-order chi connectivity index (χ0) is 14.5. The molecular formula is C22H14. The van der Waals surface area contributed by atoms with E-state index >= 15 is 0 Å². The Bertz CT molecular complexity index is 1020. The predicted octanol–water partition coefficient (Wildman–Crippen LogP) is 5.90. The van der Waals surface area contributed by atoms with Crippen molar-refractivity contribution in [3.63, 3.8) is 0 Å². The summed E-state index contributed by atoms with van der Waals surface area (Å²) in [5.74, 6) is 0. The summed E-state index contributed by atoms with van der Waals surface area (Å²) in [7, 11) is 0. The normalized spacial score (nSPS) is 12.5. The molecule has 102 valence electrons. The van der Waals surface area contributed by atoms with Crippen LogP contribution in [0.5, 0.6) is 0 Å². The summed E-state index contributed by atoms with van der Waals surface area (Å²) in [5, 5.41) is 5.26. The highest BCUT2D eigenvalue weighted by Crippen LogP contribution is 2.46. The molecule has 0 aliphatic heterocycles. The third-order valence-electron chi connectivity index (χ3n) is 4.53. The van der Waals surface area contributed by atoms with Crippen LogP contribution in [0.4, 0.5) is 0 Å². The van der Waals surface area contributed by atoms with Gasteiger partial charge in [-0.25, -0.2) is 0 Å². The summed E-state index contributed by atoms with van der Waals surface area (Å²) in [6, 6.07) is 28.3. The first-order chi connectivity index (χ1) is 10.9. The Hall–Kier alpha value is -2.86. The molecule has 0 nitrogen and oxygen atoms in total. The molecule has 0 aromatic heterocycles.